The Balaban J connectivity index is 1.33. The van der Waals surface area contributed by atoms with Crippen LogP contribution < -0.4 is 21.1 Å². The van der Waals surface area contributed by atoms with Crippen molar-refractivity contribution in [3.05, 3.63) is 78.4 Å². The van der Waals surface area contributed by atoms with Crippen molar-refractivity contribution in [2.45, 2.75) is 17.7 Å². The van der Waals surface area contributed by atoms with Crippen LogP contribution in [-0.2, 0) is 4.79 Å². The third-order valence-corrected chi connectivity index (χ3v) is 6.17. The van der Waals surface area contributed by atoms with Crippen LogP contribution in [0.2, 0.25) is 0 Å². The summed E-state index contributed by atoms with van der Waals surface area (Å²) in [7, 11) is 0. The maximum Gasteiger partial charge on any atom is 0.289 e. The number of hydrogen-bond donors (Lipinski definition) is 3. The first-order valence-electron chi connectivity index (χ1n) is 10.2. The molecule has 3 aromatic rings. The number of hydrogen-bond acceptors (Lipinski definition) is 7. The highest BCUT2D eigenvalue weighted by molar-refractivity contribution is 8.00. The summed E-state index contributed by atoms with van der Waals surface area (Å²) in [4.78, 5) is 32.9. The summed E-state index contributed by atoms with van der Waals surface area (Å²) in [6.07, 6.45) is 3.50. The molecule has 1 aliphatic heterocycles. The lowest BCUT2D eigenvalue weighted by molar-refractivity contribution is -0.121. The fourth-order valence-electron chi connectivity index (χ4n) is 3.24. The van der Waals surface area contributed by atoms with Gasteiger partial charge < -0.3 is 21.1 Å². The summed E-state index contributed by atoms with van der Waals surface area (Å²) >= 11 is 1.59. The molecule has 2 aromatic carbocycles. The number of amides is 2. The van der Waals surface area contributed by atoms with Gasteiger partial charge in [0.1, 0.15) is 16.7 Å². The molecular weight excluding hydrogens is 426 g/mol. The number of carbonyl (C=O) groups is 2. The van der Waals surface area contributed by atoms with E-state index in [1.807, 2.05) is 54.6 Å². The number of carbonyl (C=O) groups excluding carboxylic acids is 2. The van der Waals surface area contributed by atoms with Gasteiger partial charge in [0.25, 0.3) is 5.91 Å². The smallest absolute Gasteiger partial charge is 0.289 e. The number of para-hydroxylation sites is 1. The highest BCUT2D eigenvalue weighted by Gasteiger charge is 2.27. The van der Waals surface area contributed by atoms with Crippen molar-refractivity contribution >= 4 is 29.3 Å². The molecule has 4 N–H and O–H groups in total. The van der Waals surface area contributed by atoms with E-state index in [9.17, 15) is 9.59 Å². The van der Waals surface area contributed by atoms with Gasteiger partial charge in [-0.15, -0.1) is 11.8 Å². The van der Waals surface area contributed by atoms with Gasteiger partial charge in [0.2, 0.25) is 11.7 Å². The Hall–Kier alpha value is -3.59. The van der Waals surface area contributed by atoms with Gasteiger partial charge in [0, 0.05) is 12.6 Å². The largest absolute Gasteiger partial charge is 0.457 e. The van der Waals surface area contributed by atoms with Gasteiger partial charge in [-0.25, -0.2) is 9.97 Å². The molecule has 1 aliphatic rings. The first-order valence-corrected chi connectivity index (χ1v) is 11.2. The molecular formula is C23H23N5O3S. The van der Waals surface area contributed by atoms with Crippen molar-refractivity contribution in [1.29, 1.82) is 0 Å². The zero-order chi connectivity index (χ0) is 22.3. The summed E-state index contributed by atoms with van der Waals surface area (Å²) in [6, 6.07) is 16.9. The van der Waals surface area contributed by atoms with Gasteiger partial charge in [0.15, 0.2) is 0 Å². The molecule has 0 saturated carbocycles. The Morgan fingerprint density at radius 1 is 1.09 bits per heavy atom. The zero-order valence-electron chi connectivity index (χ0n) is 17.2. The van der Waals surface area contributed by atoms with Crippen LogP contribution in [0.25, 0.3) is 0 Å². The Bertz CT molecular complexity index is 1060. The zero-order valence-corrected chi connectivity index (χ0v) is 18.0. The average molecular weight is 450 g/mol. The fraction of sp³-hybridized carbons (Fsp3) is 0.217. The van der Waals surface area contributed by atoms with Crippen molar-refractivity contribution < 1.29 is 14.3 Å². The van der Waals surface area contributed by atoms with Crippen LogP contribution in [0, 0.1) is 0 Å². The Morgan fingerprint density at radius 3 is 2.50 bits per heavy atom. The van der Waals surface area contributed by atoms with Crippen LogP contribution in [0.1, 0.15) is 27.9 Å². The summed E-state index contributed by atoms with van der Waals surface area (Å²) in [5, 5.41) is 5.49. The lowest BCUT2D eigenvalue weighted by Crippen LogP contribution is -2.44. The molecule has 0 unspecified atom stereocenters. The van der Waals surface area contributed by atoms with E-state index in [2.05, 4.69) is 20.6 Å². The third-order valence-electron chi connectivity index (χ3n) is 4.88. The van der Waals surface area contributed by atoms with E-state index < -0.39 is 5.91 Å². The van der Waals surface area contributed by atoms with E-state index in [1.54, 1.807) is 11.8 Å². The van der Waals surface area contributed by atoms with Crippen molar-refractivity contribution in [1.82, 2.24) is 20.6 Å². The minimum Gasteiger partial charge on any atom is -0.457 e. The lowest BCUT2D eigenvalue weighted by atomic mass is 10.1. The molecule has 0 bridgehead atoms. The standard InChI is InChI=1S/C23H23N5O3S/c24-16-12-25-21(26-13-16)23(30)27-14-17-10-11-32-20(22(29)28-17)15-6-8-19(9-7-15)31-18-4-2-1-3-5-18/h1-9,12-13,17,20H,10-11,14,24H2,(H,27,30)(H,28,29)/t17-,20+/m0/s1. The molecule has 0 aliphatic carbocycles. The molecule has 2 heterocycles. The number of nitrogen functional groups attached to an aromatic ring is 1. The molecule has 2 atom stereocenters. The predicted molar refractivity (Wildman–Crippen MR) is 123 cm³/mol. The van der Waals surface area contributed by atoms with E-state index in [1.165, 1.54) is 12.4 Å². The molecule has 2 amide bonds. The SMILES string of the molecule is Nc1cnc(C(=O)NC[C@@H]2CCS[C@H](c3ccc(Oc4ccccc4)cc3)C(=O)N2)nc1. The van der Waals surface area contributed by atoms with E-state index in [0.29, 0.717) is 18.0 Å². The van der Waals surface area contributed by atoms with Gasteiger partial charge in [-0.1, -0.05) is 30.3 Å². The topological polar surface area (TPSA) is 119 Å². The number of ether oxygens (including phenoxy) is 1. The second kappa shape index (κ2) is 10.1. The summed E-state index contributed by atoms with van der Waals surface area (Å²) < 4.78 is 5.82. The number of nitrogens with one attached hydrogen (secondary N) is 2. The van der Waals surface area contributed by atoms with Crippen molar-refractivity contribution in [3.63, 3.8) is 0 Å². The molecule has 8 nitrogen and oxygen atoms in total. The molecule has 9 heteroatoms. The highest BCUT2D eigenvalue weighted by Crippen LogP contribution is 2.33. The van der Waals surface area contributed by atoms with Crippen LogP contribution in [-0.4, -0.2) is 40.1 Å². The van der Waals surface area contributed by atoms with Gasteiger partial charge in [-0.2, -0.15) is 0 Å². The lowest BCUT2D eigenvalue weighted by Gasteiger charge is -2.18. The number of nitrogens with two attached hydrogens (primary N) is 1. The number of rotatable bonds is 6. The molecule has 164 valence electrons. The number of benzene rings is 2. The molecule has 4 rings (SSSR count). The first kappa shape index (κ1) is 21.6. The summed E-state index contributed by atoms with van der Waals surface area (Å²) in [5.74, 6) is 1.82. The monoisotopic (exact) mass is 449 g/mol. The van der Waals surface area contributed by atoms with Gasteiger partial charge in [-0.05, 0) is 42.0 Å². The van der Waals surface area contributed by atoms with E-state index in [4.69, 9.17) is 10.5 Å². The van der Waals surface area contributed by atoms with Crippen LogP contribution in [0.5, 0.6) is 11.5 Å². The first-order chi connectivity index (χ1) is 15.6. The number of nitrogens with zero attached hydrogens (tertiary/aromatic N) is 2. The van der Waals surface area contributed by atoms with Crippen LogP contribution in [0.15, 0.2) is 67.0 Å². The molecule has 1 fully saturated rings. The predicted octanol–water partition coefficient (Wildman–Crippen LogP) is 2.94. The molecule has 32 heavy (non-hydrogen) atoms. The summed E-state index contributed by atoms with van der Waals surface area (Å²) in [6.45, 7) is 0.301. The Morgan fingerprint density at radius 2 is 1.78 bits per heavy atom. The normalized spacial score (nSPS) is 18.3. The second-order valence-electron chi connectivity index (χ2n) is 7.28. The van der Waals surface area contributed by atoms with Crippen molar-refractivity contribution in [2.75, 3.05) is 18.0 Å². The summed E-state index contributed by atoms with van der Waals surface area (Å²) in [5.41, 5.74) is 6.84. The van der Waals surface area contributed by atoms with E-state index >= 15 is 0 Å². The van der Waals surface area contributed by atoms with E-state index in [0.717, 1.165) is 23.5 Å². The van der Waals surface area contributed by atoms with Crippen molar-refractivity contribution in [3.8, 4) is 11.5 Å². The minimum atomic E-state index is -0.401. The van der Waals surface area contributed by atoms with Gasteiger partial charge in [0.05, 0.1) is 18.1 Å². The van der Waals surface area contributed by atoms with Crippen LogP contribution in [0.4, 0.5) is 5.69 Å². The van der Waals surface area contributed by atoms with Crippen molar-refractivity contribution in [2.24, 2.45) is 0 Å². The number of anilines is 1. The minimum absolute atomic E-state index is 0.0456. The van der Waals surface area contributed by atoms with Crippen LogP contribution >= 0.6 is 11.8 Å². The Kier molecular flexibility index (Phi) is 6.86. The van der Waals surface area contributed by atoms with Crippen LogP contribution in [0.3, 0.4) is 0 Å². The highest BCUT2D eigenvalue weighted by atomic mass is 32.2. The van der Waals surface area contributed by atoms with E-state index in [-0.39, 0.29) is 23.0 Å². The molecule has 0 radical (unpaired) electrons. The fourth-order valence-corrected chi connectivity index (χ4v) is 4.46. The molecule has 1 saturated heterocycles. The molecule has 1 aromatic heterocycles. The maximum absolute atomic E-state index is 12.8. The molecule has 0 spiro atoms. The van der Waals surface area contributed by atoms with Gasteiger partial charge >= 0.3 is 0 Å². The number of thioether (sulfide) groups is 1. The number of aromatic nitrogens is 2. The average Bonchev–Trinajstić information content (AvgIpc) is 3.00. The quantitative estimate of drug-likeness (QED) is 0.529. The third kappa shape index (κ3) is 5.55. The Labute approximate surface area is 190 Å². The second-order valence-corrected chi connectivity index (χ2v) is 8.49. The maximum atomic E-state index is 12.8. The van der Waals surface area contributed by atoms with Gasteiger partial charge in [-0.3, -0.25) is 9.59 Å².